The zero-order chi connectivity index (χ0) is 16.8. The Balaban J connectivity index is 1.87. The van der Waals surface area contributed by atoms with Gasteiger partial charge in [0.25, 0.3) is 11.8 Å². The lowest BCUT2D eigenvalue weighted by atomic mass is 10.1. The number of carbonyl (C=O) groups is 3. The standard InChI is InChI=1S/C16H15N3O4/c1-16(2,3)19-12(8-9-17-19)15(22)23-18-13(20)10-6-4-5-7-11(10)14(18)21/h4-9H,1-3H3. The number of hydrogen-bond donors (Lipinski definition) is 0. The van der Waals surface area contributed by atoms with E-state index in [2.05, 4.69) is 5.10 Å². The molecule has 0 spiro atoms. The maximum atomic E-state index is 12.3. The first kappa shape index (κ1) is 15.0. The van der Waals surface area contributed by atoms with E-state index in [1.807, 2.05) is 20.8 Å². The highest BCUT2D eigenvalue weighted by Gasteiger charge is 2.39. The number of rotatable bonds is 2. The average Bonchev–Trinajstić information content (AvgIpc) is 3.08. The average molecular weight is 313 g/mol. The molecule has 0 radical (unpaired) electrons. The first-order valence-electron chi connectivity index (χ1n) is 7.05. The molecule has 0 aliphatic carbocycles. The Kier molecular flexibility index (Phi) is 3.28. The third kappa shape index (κ3) is 2.40. The molecule has 23 heavy (non-hydrogen) atoms. The Labute approximate surface area is 132 Å². The SMILES string of the molecule is CC(C)(C)n1nccc1C(=O)ON1C(=O)c2ccccc2C1=O. The van der Waals surface area contributed by atoms with E-state index in [9.17, 15) is 14.4 Å². The Morgan fingerprint density at radius 2 is 1.61 bits per heavy atom. The molecule has 0 saturated carbocycles. The molecule has 1 aliphatic rings. The fraction of sp³-hybridized carbons (Fsp3) is 0.250. The van der Waals surface area contributed by atoms with Gasteiger partial charge in [-0.25, -0.2) is 4.79 Å². The van der Waals surface area contributed by atoms with Crippen molar-refractivity contribution in [2.75, 3.05) is 0 Å². The maximum absolute atomic E-state index is 12.3. The van der Waals surface area contributed by atoms with E-state index in [0.717, 1.165) is 0 Å². The van der Waals surface area contributed by atoms with Crippen LogP contribution in [-0.4, -0.2) is 32.6 Å². The Bertz CT molecular complexity index is 782. The molecule has 1 aliphatic heterocycles. The lowest BCUT2D eigenvalue weighted by molar-refractivity contribution is -0.0595. The van der Waals surface area contributed by atoms with Crippen LogP contribution in [0, 0.1) is 0 Å². The summed E-state index contributed by atoms with van der Waals surface area (Å²) in [5, 5.41) is 4.58. The van der Waals surface area contributed by atoms with E-state index < -0.39 is 23.3 Å². The molecular weight excluding hydrogens is 298 g/mol. The van der Waals surface area contributed by atoms with Crippen molar-refractivity contribution in [1.29, 1.82) is 0 Å². The summed E-state index contributed by atoms with van der Waals surface area (Å²) < 4.78 is 1.48. The van der Waals surface area contributed by atoms with Gasteiger partial charge in [-0.2, -0.15) is 5.10 Å². The van der Waals surface area contributed by atoms with Crippen LogP contribution in [0.1, 0.15) is 52.0 Å². The fourth-order valence-corrected chi connectivity index (χ4v) is 2.37. The summed E-state index contributed by atoms with van der Waals surface area (Å²) in [5.41, 5.74) is 0.151. The first-order valence-corrected chi connectivity index (χ1v) is 7.05. The Morgan fingerprint density at radius 1 is 1.04 bits per heavy atom. The van der Waals surface area contributed by atoms with E-state index >= 15 is 0 Å². The van der Waals surface area contributed by atoms with Gasteiger partial charge in [0, 0.05) is 6.20 Å². The third-order valence-corrected chi connectivity index (χ3v) is 3.42. The highest BCUT2D eigenvalue weighted by molar-refractivity contribution is 6.21. The molecule has 0 saturated heterocycles. The van der Waals surface area contributed by atoms with Gasteiger partial charge in [0.1, 0.15) is 5.69 Å². The van der Waals surface area contributed by atoms with Gasteiger partial charge in [0.2, 0.25) is 0 Å². The predicted molar refractivity (Wildman–Crippen MR) is 79.6 cm³/mol. The second kappa shape index (κ2) is 5.05. The quantitative estimate of drug-likeness (QED) is 0.792. The van der Waals surface area contributed by atoms with Crippen molar-refractivity contribution in [2.45, 2.75) is 26.3 Å². The minimum Gasteiger partial charge on any atom is -0.323 e. The van der Waals surface area contributed by atoms with Crippen molar-refractivity contribution in [3.05, 3.63) is 53.3 Å². The number of imide groups is 1. The van der Waals surface area contributed by atoms with Crippen LogP contribution in [0.2, 0.25) is 0 Å². The largest absolute Gasteiger partial charge is 0.381 e. The number of benzene rings is 1. The van der Waals surface area contributed by atoms with Gasteiger partial charge in [-0.05, 0) is 39.0 Å². The van der Waals surface area contributed by atoms with E-state index in [4.69, 9.17) is 4.84 Å². The number of hydrogen-bond acceptors (Lipinski definition) is 5. The molecule has 7 nitrogen and oxygen atoms in total. The van der Waals surface area contributed by atoms with Gasteiger partial charge in [-0.1, -0.05) is 17.2 Å². The van der Waals surface area contributed by atoms with Crippen LogP contribution >= 0.6 is 0 Å². The van der Waals surface area contributed by atoms with Gasteiger partial charge >= 0.3 is 5.97 Å². The Hall–Kier alpha value is -2.96. The summed E-state index contributed by atoms with van der Waals surface area (Å²) in [5.74, 6) is -2.12. The van der Waals surface area contributed by atoms with Crippen molar-refractivity contribution in [2.24, 2.45) is 0 Å². The molecular formula is C16H15N3O4. The normalized spacial score (nSPS) is 14.1. The molecule has 2 heterocycles. The van der Waals surface area contributed by atoms with Crippen LogP contribution in [0.4, 0.5) is 0 Å². The highest BCUT2D eigenvalue weighted by atomic mass is 16.7. The third-order valence-electron chi connectivity index (χ3n) is 3.42. The van der Waals surface area contributed by atoms with Crippen LogP contribution in [0.3, 0.4) is 0 Å². The molecule has 1 aromatic heterocycles. The highest BCUT2D eigenvalue weighted by Crippen LogP contribution is 2.24. The van der Waals surface area contributed by atoms with Crippen molar-refractivity contribution < 1.29 is 19.2 Å². The molecule has 0 bridgehead atoms. The summed E-state index contributed by atoms with van der Waals surface area (Å²) in [6.45, 7) is 5.62. The van der Waals surface area contributed by atoms with E-state index in [-0.39, 0.29) is 16.8 Å². The molecule has 0 fully saturated rings. The minimum atomic E-state index is -0.813. The van der Waals surface area contributed by atoms with Gasteiger partial charge in [0.15, 0.2) is 0 Å². The van der Waals surface area contributed by atoms with Crippen molar-refractivity contribution in [1.82, 2.24) is 14.8 Å². The molecule has 0 unspecified atom stereocenters. The van der Waals surface area contributed by atoms with Crippen LogP contribution in [0.5, 0.6) is 0 Å². The van der Waals surface area contributed by atoms with Crippen molar-refractivity contribution in [3.8, 4) is 0 Å². The fourth-order valence-electron chi connectivity index (χ4n) is 2.37. The zero-order valence-electron chi connectivity index (χ0n) is 12.9. The molecule has 7 heteroatoms. The summed E-state index contributed by atoms with van der Waals surface area (Å²) in [6, 6.07) is 7.80. The molecule has 118 valence electrons. The van der Waals surface area contributed by atoms with Gasteiger partial charge in [-0.15, -0.1) is 0 Å². The van der Waals surface area contributed by atoms with Crippen LogP contribution < -0.4 is 0 Å². The topological polar surface area (TPSA) is 81.5 Å². The van der Waals surface area contributed by atoms with Crippen molar-refractivity contribution >= 4 is 17.8 Å². The first-order chi connectivity index (χ1) is 10.8. The second-order valence-corrected chi connectivity index (χ2v) is 6.13. The van der Waals surface area contributed by atoms with E-state index in [1.165, 1.54) is 29.1 Å². The van der Waals surface area contributed by atoms with Gasteiger partial charge in [0.05, 0.1) is 16.7 Å². The number of aromatic nitrogens is 2. The van der Waals surface area contributed by atoms with Crippen LogP contribution in [0.25, 0.3) is 0 Å². The molecule has 1 aromatic carbocycles. The maximum Gasteiger partial charge on any atom is 0.381 e. The summed E-state index contributed by atoms with van der Waals surface area (Å²) in [4.78, 5) is 41.8. The smallest absolute Gasteiger partial charge is 0.323 e. The van der Waals surface area contributed by atoms with Crippen LogP contribution in [0.15, 0.2) is 36.5 Å². The monoisotopic (exact) mass is 313 g/mol. The number of fused-ring (bicyclic) bond motifs is 1. The lowest BCUT2D eigenvalue weighted by Gasteiger charge is -2.22. The lowest BCUT2D eigenvalue weighted by Crippen LogP contribution is -2.35. The number of amides is 2. The van der Waals surface area contributed by atoms with E-state index in [1.54, 1.807) is 12.1 Å². The predicted octanol–water partition coefficient (Wildman–Crippen LogP) is 2.01. The van der Waals surface area contributed by atoms with Gasteiger partial charge < -0.3 is 4.84 Å². The molecule has 3 rings (SSSR count). The summed E-state index contributed by atoms with van der Waals surface area (Å²) >= 11 is 0. The van der Waals surface area contributed by atoms with Crippen LogP contribution in [-0.2, 0) is 10.4 Å². The molecule has 2 amide bonds. The number of nitrogens with zero attached hydrogens (tertiary/aromatic N) is 3. The van der Waals surface area contributed by atoms with E-state index in [0.29, 0.717) is 5.06 Å². The summed E-state index contributed by atoms with van der Waals surface area (Å²) in [6.07, 6.45) is 1.46. The molecule has 0 atom stereocenters. The van der Waals surface area contributed by atoms with Gasteiger partial charge in [-0.3, -0.25) is 14.3 Å². The second-order valence-electron chi connectivity index (χ2n) is 6.13. The number of hydroxylamine groups is 2. The molecule has 2 aromatic rings. The van der Waals surface area contributed by atoms with Crippen molar-refractivity contribution in [3.63, 3.8) is 0 Å². The zero-order valence-corrected chi connectivity index (χ0v) is 12.9. The minimum absolute atomic E-state index is 0.161. The number of carbonyl (C=O) groups excluding carboxylic acids is 3. The molecule has 0 N–H and O–H groups in total. The summed E-state index contributed by atoms with van der Waals surface area (Å²) in [7, 11) is 0. The Morgan fingerprint density at radius 3 is 2.13 bits per heavy atom.